The first kappa shape index (κ1) is 16.9. The molecule has 24 heavy (non-hydrogen) atoms. The van der Waals surface area contributed by atoms with E-state index in [1.165, 1.54) is 0 Å². The first-order chi connectivity index (χ1) is 11.6. The normalized spacial score (nSPS) is 24.7. The number of hydrogen-bond donors (Lipinski definition) is 3. The van der Waals surface area contributed by atoms with E-state index in [1.807, 2.05) is 59.5 Å². The SMILES string of the molecule is O[C@H]1[C@H](O)CN(CCc2ccc(Oc3ccccc3)cc2)C[C@@H]1O. The largest absolute Gasteiger partial charge is 0.457 e. The lowest BCUT2D eigenvalue weighted by Gasteiger charge is -2.36. The van der Waals surface area contributed by atoms with Crippen LogP contribution in [0.5, 0.6) is 11.5 Å². The first-order valence-electron chi connectivity index (χ1n) is 8.20. The predicted octanol–water partition coefficient (Wildman–Crippen LogP) is 1.42. The summed E-state index contributed by atoms with van der Waals surface area (Å²) >= 11 is 0. The maximum absolute atomic E-state index is 9.72. The van der Waals surface area contributed by atoms with Crippen LogP contribution in [0.25, 0.3) is 0 Å². The Morgan fingerprint density at radius 1 is 0.833 bits per heavy atom. The monoisotopic (exact) mass is 329 g/mol. The van der Waals surface area contributed by atoms with Crippen molar-refractivity contribution in [3.05, 3.63) is 60.2 Å². The number of piperidine rings is 1. The molecule has 0 saturated carbocycles. The van der Waals surface area contributed by atoms with Crippen LogP contribution in [0.2, 0.25) is 0 Å². The molecule has 0 bridgehead atoms. The summed E-state index contributed by atoms with van der Waals surface area (Å²) in [7, 11) is 0. The second kappa shape index (κ2) is 7.77. The second-order valence-corrected chi connectivity index (χ2v) is 6.19. The number of rotatable bonds is 5. The average Bonchev–Trinajstić information content (AvgIpc) is 2.60. The molecule has 1 aliphatic heterocycles. The Morgan fingerprint density at radius 3 is 2.04 bits per heavy atom. The quantitative estimate of drug-likeness (QED) is 0.774. The smallest absolute Gasteiger partial charge is 0.127 e. The molecule has 3 rings (SSSR count). The molecule has 0 aromatic heterocycles. The van der Waals surface area contributed by atoms with Crippen LogP contribution in [0.15, 0.2) is 54.6 Å². The van der Waals surface area contributed by atoms with Gasteiger partial charge >= 0.3 is 0 Å². The number of β-amino-alcohol motifs (C(OH)–C–C–N with tert-alkyl or cyclic N) is 2. The lowest BCUT2D eigenvalue weighted by atomic mass is 10.0. The second-order valence-electron chi connectivity index (χ2n) is 6.19. The van der Waals surface area contributed by atoms with E-state index in [0.29, 0.717) is 13.1 Å². The van der Waals surface area contributed by atoms with Crippen LogP contribution in [-0.4, -0.2) is 58.2 Å². The third-order valence-electron chi connectivity index (χ3n) is 4.30. The van der Waals surface area contributed by atoms with Gasteiger partial charge in [0.2, 0.25) is 0 Å². The zero-order valence-corrected chi connectivity index (χ0v) is 13.5. The third kappa shape index (κ3) is 4.33. The number of aliphatic hydroxyl groups is 3. The van der Waals surface area contributed by atoms with Gasteiger partial charge in [0.25, 0.3) is 0 Å². The minimum Gasteiger partial charge on any atom is -0.457 e. The molecule has 0 aliphatic carbocycles. The minimum atomic E-state index is -1.05. The van der Waals surface area contributed by atoms with E-state index >= 15 is 0 Å². The summed E-state index contributed by atoms with van der Waals surface area (Å²) in [6, 6.07) is 17.5. The summed E-state index contributed by atoms with van der Waals surface area (Å²) in [5.74, 6) is 1.59. The van der Waals surface area contributed by atoms with Gasteiger partial charge in [-0.3, -0.25) is 4.90 Å². The molecule has 0 amide bonds. The Bertz CT molecular complexity index is 620. The summed E-state index contributed by atoms with van der Waals surface area (Å²) in [6.45, 7) is 1.49. The molecule has 0 spiro atoms. The summed E-state index contributed by atoms with van der Waals surface area (Å²) in [6.07, 6.45) is -2.03. The fourth-order valence-electron chi connectivity index (χ4n) is 2.89. The zero-order chi connectivity index (χ0) is 16.9. The van der Waals surface area contributed by atoms with Crippen LogP contribution in [-0.2, 0) is 6.42 Å². The highest BCUT2D eigenvalue weighted by atomic mass is 16.5. The number of ether oxygens (including phenoxy) is 1. The van der Waals surface area contributed by atoms with Crippen molar-refractivity contribution in [2.45, 2.75) is 24.7 Å². The Balaban J connectivity index is 1.51. The molecular weight excluding hydrogens is 306 g/mol. The number of benzene rings is 2. The van der Waals surface area contributed by atoms with E-state index in [4.69, 9.17) is 4.74 Å². The lowest BCUT2D eigenvalue weighted by molar-refractivity contribution is -0.109. The predicted molar refractivity (Wildman–Crippen MR) is 91.1 cm³/mol. The number of likely N-dealkylation sites (tertiary alicyclic amines) is 1. The molecule has 3 atom stereocenters. The molecule has 1 fully saturated rings. The third-order valence-corrected chi connectivity index (χ3v) is 4.30. The Morgan fingerprint density at radius 2 is 1.42 bits per heavy atom. The van der Waals surface area contributed by atoms with Gasteiger partial charge < -0.3 is 20.1 Å². The molecule has 1 aliphatic rings. The van der Waals surface area contributed by atoms with Crippen molar-refractivity contribution in [3.8, 4) is 11.5 Å². The highest BCUT2D eigenvalue weighted by Crippen LogP contribution is 2.21. The van der Waals surface area contributed by atoms with Crippen LogP contribution in [0.4, 0.5) is 0 Å². The summed E-state index contributed by atoms with van der Waals surface area (Å²) < 4.78 is 5.76. The fraction of sp³-hybridized carbons (Fsp3) is 0.368. The summed E-state index contributed by atoms with van der Waals surface area (Å²) in [4.78, 5) is 1.97. The van der Waals surface area contributed by atoms with E-state index in [-0.39, 0.29) is 0 Å². The highest BCUT2D eigenvalue weighted by Gasteiger charge is 2.32. The minimum absolute atomic E-state index is 0.382. The molecule has 5 heteroatoms. The Hall–Kier alpha value is -1.92. The van der Waals surface area contributed by atoms with E-state index in [9.17, 15) is 15.3 Å². The lowest BCUT2D eigenvalue weighted by Crippen LogP contribution is -2.55. The average molecular weight is 329 g/mol. The number of nitrogens with zero attached hydrogens (tertiary/aromatic N) is 1. The Kier molecular flexibility index (Phi) is 5.48. The van der Waals surface area contributed by atoms with Gasteiger partial charge in [0.05, 0.1) is 12.2 Å². The van der Waals surface area contributed by atoms with Crippen molar-refractivity contribution >= 4 is 0 Å². The van der Waals surface area contributed by atoms with Gasteiger partial charge in [-0.25, -0.2) is 0 Å². The number of aliphatic hydroxyl groups excluding tert-OH is 3. The van der Waals surface area contributed by atoms with Crippen LogP contribution in [0.3, 0.4) is 0 Å². The molecule has 1 heterocycles. The standard InChI is InChI=1S/C19H23NO4/c21-17-12-20(13-18(22)19(17)23)11-10-14-6-8-16(9-7-14)24-15-4-2-1-3-5-15/h1-9,17-19,21-23H,10-13H2/t17-,18+,19+. The van der Waals surface area contributed by atoms with Crippen LogP contribution in [0, 0.1) is 0 Å². The first-order valence-corrected chi connectivity index (χ1v) is 8.20. The van der Waals surface area contributed by atoms with Crippen molar-refractivity contribution < 1.29 is 20.1 Å². The number of hydrogen-bond acceptors (Lipinski definition) is 5. The number of para-hydroxylation sites is 1. The van der Waals surface area contributed by atoms with Crippen LogP contribution < -0.4 is 4.74 Å². The molecule has 1 saturated heterocycles. The molecule has 0 radical (unpaired) electrons. The molecule has 2 aromatic carbocycles. The zero-order valence-electron chi connectivity index (χ0n) is 13.5. The van der Waals surface area contributed by atoms with Crippen molar-refractivity contribution in [2.24, 2.45) is 0 Å². The van der Waals surface area contributed by atoms with Crippen molar-refractivity contribution in [1.29, 1.82) is 0 Å². The topological polar surface area (TPSA) is 73.2 Å². The molecule has 2 aromatic rings. The molecule has 0 unspecified atom stereocenters. The van der Waals surface area contributed by atoms with Gasteiger partial charge in [-0.05, 0) is 36.2 Å². The van der Waals surface area contributed by atoms with Gasteiger partial charge in [-0.2, -0.15) is 0 Å². The maximum Gasteiger partial charge on any atom is 0.127 e. The van der Waals surface area contributed by atoms with Gasteiger partial charge in [0.1, 0.15) is 17.6 Å². The Labute approximate surface area is 141 Å². The molecule has 5 nitrogen and oxygen atoms in total. The van der Waals surface area contributed by atoms with E-state index in [1.54, 1.807) is 0 Å². The summed E-state index contributed by atoms with van der Waals surface area (Å²) in [5, 5.41) is 29.0. The maximum atomic E-state index is 9.72. The van der Waals surface area contributed by atoms with Crippen LogP contribution in [0.1, 0.15) is 5.56 Å². The highest BCUT2D eigenvalue weighted by molar-refractivity contribution is 5.33. The summed E-state index contributed by atoms with van der Waals surface area (Å²) in [5.41, 5.74) is 1.16. The van der Waals surface area contributed by atoms with Gasteiger partial charge in [-0.15, -0.1) is 0 Å². The van der Waals surface area contributed by atoms with E-state index in [0.717, 1.165) is 30.0 Å². The van der Waals surface area contributed by atoms with Gasteiger partial charge in [0.15, 0.2) is 0 Å². The fourth-order valence-corrected chi connectivity index (χ4v) is 2.89. The van der Waals surface area contributed by atoms with Gasteiger partial charge in [0, 0.05) is 19.6 Å². The van der Waals surface area contributed by atoms with Crippen molar-refractivity contribution in [2.75, 3.05) is 19.6 Å². The molecular formula is C19H23NO4. The van der Waals surface area contributed by atoms with Crippen LogP contribution >= 0.6 is 0 Å². The molecule has 128 valence electrons. The van der Waals surface area contributed by atoms with Crippen molar-refractivity contribution in [3.63, 3.8) is 0 Å². The van der Waals surface area contributed by atoms with E-state index < -0.39 is 18.3 Å². The van der Waals surface area contributed by atoms with Gasteiger partial charge in [-0.1, -0.05) is 30.3 Å². The van der Waals surface area contributed by atoms with Crippen molar-refractivity contribution in [1.82, 2.24) is 4.90 Å². The van der Waals surface area contributed by atoms with E-state index in [2.05, 4.69) is 0 Å². The molecule has 3 N–H and O–H groups in total.